The predicted octanol–water partition coefficient (Wildman–Crippen LogP) is 3.04. The van der Waals surface area contributed by atoms with Crippen LogP contribution < -0.4 is 0 Å². The molecule has 1 atom stereocenters. The van der Waals surface area contributed by atoms with Gasteiger partial charge in [-0.25, -0.2) is 0 Å². The quantitative estimate of drug-likeness (QED) is 0.694. The molecule has 1 unspecified atom stereocenters. The van der Waals surface area contributed by atoms with E-state index in [1.165, 1.54) is 18.6 Å². The number of hydrogen-bond donors (Lipinski definition) is 1. The summed E-state index contributed by atoms with van der Waals surface area (Å²) in [5.41, 5.74) is 0. The van der Waals surface area contributed by atoms with Crippen LogP contribution in [-0.4, -0.2) is 15.8 Å². The predicted molar refractivity (Wildman–Crippen MR) is 53.8 cm³/mol. The first-order valence-corrected chi connectivity index (χ1v) is 6.62. The Kier molecular flexibility index (Phi) is 4.10. The molecule has 0 bridgehead atoms. The fourth-order valence-corrected chi connectivity index (χ4v) is 4.00. The third-order valence-corrected chi connectivity index (χ3v) is 5.01. The summed E-state index contributed by atoms with van der Waals surface area (Å²) in [4.78, 5) is -0.390. The van der Waals surface area contributed by atoms with Crippen LogP contribution in [-0.2, 0) is 0 Å². The minimum atomic E-state index is -0.390. The second-order valence-electron chi connectivity index (χ2n) is 3.06. The van der Waals surface area contributed by atoms with Gasteiger partial charge in [0.1, 0.15) is 4.93 Å². The molecule has 0 amide bonds. The van der Waals surface area contributed by atoms with Crippen LogP contribution in [0.15, 0.2) is 0 Å². The van der Waals surface area contributed by atoms with Gasteiger partial charge in [0.2, 0.25) is 0 Å². The lowest BCUT2D eigenvalue weighted by atomic mass is 10.1. The number of unbranched alkanes of at least 4 members (excludes halogenated alkanes) is 1. The number of aliphatic hydroxyl groups is 1. The Morgan fingerprint density at radius 1 is 1.55 bits per heavy atom. The molecule has 1 rings (SSSR count). The van der Waals surface area contributed by atoms with Gasteiger partial charge in [-0.05, 0) is 25.7 Å². The fraction of sp³-hybridized carbons (Fsp3) is 1.00. The molecule has 1 nitrogen and oxygen atoms in total. The normalized spacial score (nSPS) is 32.2. The molecule has 3 heteroatoms. The molecule has 0 radical (unpaired) electrons. The van der Waals surface area contributed by atoms with Crippen molar-refractivity contribution in [3.63, 3.8) is 0 Å². The van der Waals surface area contributed by atoms with Crippen molar-refractivity contribution in [3.8, 4) is 0 Å². The van der Waals surface area contributed by atoms with Gasteiger partial charge in [0.05, 0.1) is 0 Å². The van der Waals surface area contributed by atoms with E-state index in [2.05, 4.69) is 6.92 Å². The van der Waals surface area contributed by atoms with Gasteiger partial charge in [0.25, 0.3) is 0 Å². The van der Waals surface area contributed by atoms with Gasteiger partial charge in [-0.3, -0.25) is 0 Å². The van der Waals surface area contributed by atoms with E-state index in [1.54, 1.807) is 10.8 Å². The van der Waals surface area contributed by atoms with Crippen LogP contribution in [0.25, 0.3) is 0 Å². The Morgan fingerprint density at radius 2 is 2.36 bits per heavy atom. The molecule has 1 heterocycles. The summed E-state index contributed by atoms with van der Waals surface area (Å²) in [5.74, 6) is 1.21. The Labute approximate surface area is 76.7 Å². The second-order valence-corrected chi connectivity index (χ2v) is 5.84. The molecule has 1 aliphatic heterocycles. The summed E-state index contributed by atoms with van der Waals surface area (Å²) in [6, 6.07) is 0. The van der Waals surface area contributed by atoms with Crippen molar-refractivity contribution in [2.24, 2.45) is 0 Å². The molecule has 0 aliphatic carbocycles. The lowest BCUT2D eigenvalue weighted by Gasteiger charge is -2.30. The Morgan fingerprint density at radius 3 is 2.91 bits per heavy atom. The van der Waals surface area contributed by atoms with E-state index in [-0.39, 0.29) is 4.93 Å². The van der Waals surface area contributed by atoms with Crippen LogP contribution in [0.5, 0.6) is 0 Å². The first-order chi connectivity index (χ1) is 5.27. The zero-order chi connectivity index (χ0) is 8.16. The highest BCUT2D eigenvalue weighted by molar-refractivity contribution is 8.77. The molecule has 0 saturated carbocycles. The Balaban J connectivity index is 2.25. The highest BCUT2D eigenvalue weighted by Gasteiger charge is 2.29. The zero-order valence-electron chi connectivity index (χ0n) is 7.01. The van der Waals surface area contributed by atoms with Crippen molar-refractivity contribution in [2.45, 2.75) is 44.0 Å². The van der Waals surface area contributed by atoms with Gasteiger partial charge < -0.3 is 5.11 Å². The first-order valence-electron chi connectivity index (χ1n) is 4.30. The van der Waals surface area contributed by atoms with Crippen LogP contribution >= 0.6 is 21.6 Å². The fourth-order valence-electron chi connectivity index (χ4n) is 1.22. The summed E-state index contributed by atoms with van der Waals surface area (Å²) < 4.78 is 0. The van der Waals surface area contributed by atoms with Gasteiger partial charge in [-0.15, -0.1) is 0 Å². The van der Waals surface area contributed by atoms with Crippen LogP contribution in [0.2, 0.25) is 0 Å². The van der Waals surface area contributed by atoms with E-state index in [0.29, 0.717) is 0 Å². The van der Waals surface area contributed by atoms with Gasteiger partial charge in [0.15, 0.2) is 0 Å². The van der Waals surface area contributed by atoms with E-state index >= 15 is 0 Å². The topological polar surface area (TPSA) is 20.2 Å². The van der Waals surface area contributed by atoms with Crippen LogP contribution in [0.4, 0.5) is 0 Å². The molecule has 0 aromatic heterocycles. The van der Waals surface area contributed by atoms with Crippen molar-refractivity contribution in [1.82, 2.24) is 0 Å². The SMILES string of the molecule is CCCCC1(O)CCCSS1. The second kappa shape index (κ2) is 4.63. The molecule has 0 aromatic carbocycles. The van der Waals surface area contributed by atoms with Crippen molar-refractivity contribution >= 4 is 21.6 Å². The van der Waals surface area contributed by atoms with E-state index in [0.717, 1.165) is 19.3 Å². The third-order valence-electron chi connectivity index (χ3n) is 1.93. The maximum absolute atomic E-state index is 9.94. The van der Waals surface area contributed by atoms with Crippen LogP contribution in [0, 0.1) is 0 Å². The number of hydrogen-bond acceptors (Lipinski definition) is 3. The molecular weight excluding hydrogens is 176 g/mol. The summed E-state index contributed by atoms with van der Waals surface area (Å²) in [7, 11) is 3.50. The molecule has 1 N–H and O–H groups in total. The van der Waals surface area contributed by atoms with Gasteiger partial charge in [-0.2, -0.15) is 0 Å². The van der Waals surface area contributed by atoms with Crippen molar-refractivity contribution in [2.75, 3.05) is 5.75 Å². The van der Waals surface area contributed by atoms with Crippen LogP contribution in [0.3, 0.4) is 0 Å². The average Bonchev–Trinajstić information content (AvgIpc) is 2.03. The molecule has 1 fully saturated rings. The molecule has 0 aromatic rings. The van der Waals surface area contributed by atoms with Gasteiger partial charge >= 0.3 is 0 Å². The third kappa shape index (κ3) is 3.26. The minimum absolute atomic E-state index is 0.390. The standard InChI is InChI=1S/C8H16OS2/c1-2-3-5-8(9)6-4-7-10-11-8/h9H,2-7H2,1H3. The molecule has 11 heavy (non-hydrogen) atoms. The maximum Gasteiger partial charge on any atom is 0.120 e. The van der Waals surface area contributed by atoms with Gasteiger partial charge in [0, 0.05) is 5.75 Å². The van der Waals surface area contributed by atoms with Crippen molar-refractivity contribution < 1.29 is 5.11 Å². The Bertz CT molecular complexity index is 111. The Hall–Kier alpha value is 0.660. The van der Waals surface area contributed by atoms with Crippen molar-refractivity contribution in [1.29, 1.82) is 0 Å². The highest BCUT2D eigenvalue weighted by atomic mass is 33.1. The van der Waals surface area contributed by atoms with E-state index < -0.39 is 0 Å². The summed E-state index contributed by atoms with van der Waals surface area (Å²) in [6.07, 6.45) is 5.49. The molecule has 1 aliphatic rings. The van der Waals surface area contributed by atoms with Gasteiger partial charge in [-0.1, -0.05) is 34.9 Å². The lowest BCUT2D eigenvalue weighted by molar-refractivity contribution is 0.115. The van der Waals surface area contributed by atoms with E-state index in [1.807, 2.05) is 10.8 Å². The maximum atomic E-state index is 9.94. The number of rotatable bonds is 3. The smallest absolute Gasteiger partial charge is 0.120 e. The molecule has 1 saturated heterocycles. The van der Waals surface area contributed by atoms with Crippen molar-refractivity contribution in [3.05, 3.63) is 0 Å². The van der Waals surface area contributed by atoms with E-state index in [4.69, 9.17) is 0 Å². The summed E-state index contributed by atoms with van der Waals surface area (Å²) >= 11 is 0. The average molecular weight is 192 g/mol. The van der Waals surface area contributed by atoms with Crippen LogP contribution in [0.1, 0.15) is 39.0 Å². The lowest BCUT2D eigenvalue weighted by Crippen LogP contribution is -2.25. The monoisotopic (exact) mass is 192 g/mol. The summed E-state index contributed by atoms with van der Waals surface area (Å²) in [5, 5.41) is 9.94. The summed E-state index contributed by atoms with van der Waals surface area (Å²) in [6.45, 7) is 2.17. The molecule has 66 valence electrons. The minimum Gasteiger partial charge on any atom is -0.379 e. The highest BCUT2D eigenvalue weighted by Crippen LogP contribution is 2.45. The molecule has 0 spiro atoms. The first kappa shape index (κ1) is 9.75. The zero-order valence-corrected chi connectivity index (χ0v) is 8.64. The van der Waals surface area contributed by atoms with E-state index in [9.17, 15) is 5.11 Å². The molecular formula is C8H16OS2. The largest absolute Gasteiger partial charge is 0.379 e.